The first-order valence-electron chi connectivity index (χ1n) is 8.24. The van der Waals surface area contributed by atoms with Crippen molar-refractivity contribution in [1.29, 1.82) is 0 Å². The molecule has 0 aliphatic carbocycles. The van der Waals surface area contributed by atoms with Gasteiger partial charge in [0.05, 0.1) is 6.20 Å². The maximum absolute atomic E-state index is 9.25. The van der Waals surface area contributed by atoms with Gasteiger partial charge in [-0.15, -0.1) is 0 Å². The zero-order valence-corrected chi connectivity index (χ0v) is 15.5. The van der Waals surface area contributed by atoms with E-state index in [1.807, 2.05) is 12.1 Å². The number of nitrogens with one attached hydrogen (secondary N) is 1. The quantitative estimate of drug-likeness (QED) is 0.594. The Morgan fingerprint density at radius 1 is 1.32 bits per heavy atom. The SMILES string of the molecule is CCCC[C@@H](CCO)Nc1nc(N)ncc1OCc1cccnc1.S. The molecule has 25 heavy (non-hydrogen) atoms. The molecule has 1 atom stereocenters. The number of aliphatic hydroxyl groups excluding tert-OH is 1. The van der Waals surface area contributed by atoms with Gasteiger partial charge < -0.3 is 20.9 Å². The third-order valence-corrected chi connectivity index (χ3v) is 3.62. The van der Waals surface area contributed by atoms with Crippen molar-refractivity contribution in [1.82, 2.24) is 15.0 Å². The van der Waals surface area contributed by atoms with Crippen molar-refractivity contribution in [3.63, 3.8) is 0 Å². The molecule has 0 spiro atoms. The lowest BCUT2D eigenvalue weighted by Crippen LogP contribution is -2.22. The number of unbranched alkanes of at least 4 members (excludes halogenated alkanes) is 1. The van der Waals surface area contributed by atoms with E-state index in [1.54, 1.807) is 18.6 Å². The van der Waals surface area contributed by atoms with Crippen molar-refractivity contribution >= 4 is 25.3 Å². The molecule has 2 aromatic rings. The first-order valence-corrected chi connectivity index (χ1v) is 8.24. The van der Waals surface area contributed by atoms with Crippen LogP contribution < -0.4 is 15.8 Å². The van der Waals surface area contributed by atoms with Crippen LogP contribution in [0.3, 0.4) is 0 Å². The zero-order chi connectivity index (χ0) is 17.2. The van der Waals surface area contributed by atoms with Gasteiger partial charge in [-0.25, -0.2) is 4.98 Å². The highest BCUT2D eigenvalue weighted by Crippen LogP contribution is 2.25. The molecule has 0 amide bonds. The average molecular weight is 366 g/mol. The van der Waals surface area contributed by atoms with E-state index in [4.69, 9.17) is 10.5 Å². The molecule has 0 saturated carbocycles. The van der Waals surface area contributed by atoms with Crippen molar-refractivity contribution in [2.24, 2.45) is 0 Å². The maximum atomic E-state index is 9.25. The first kappa shape index (κ1) is 21.0. The van der Waals surface area contributed by atoms with Crippen LogP contribution in [-0.4, -0.2) is 32.7 Å². The van der Waals surface area contributed by atoms with Crippen molar-refractivity contribution in [3.8, 4) is 5.75 Å². The Bertz CT molecular complexity index is 615. The molecule has 0 radical (unpaired) electrons. The summed E-state index contributed by atoms with van der Waals surface area (Å²) in [6, 6.07) is 3.91. The number of anilines is 2. The third-order valence-electron chi connectivity index (χ3n) is 3.62. The number of nitrogens with zero attached hydrogens (tertiary/aromatic N) is 3. The molecule has 0 bridgehead atoms. The van der Waals surface area contributed by atoms with E-state index >= 15 is 0 Å². The number of hydrogen-bond acceptors (Lipinski definition) is 7. The Labute approximate surface area is 155 Å². The van der Waals surface area contributed by atoms with Crippen LogP contribution in [0.1, 0.15) is 38.2 Å². The zero-order valence-electron chi connectivity index (χ0n) is 14.5. The van der Waals surface area contributed by atoms with Crippen LogP contribution in [-0.2, 0) is 6.61 Å². The fourth-order valence-electron chi connectivity index (χ4n) is 2.33. The van der Waals surface area contributed by atoms with Gasteiger partial charge in [-0.2, -0.15) is 18.5 Å². The number of nitrogens with two attached hydrogens (primary N) is 1. The fourth-order valence-corrected chi connectivity index (χ4v) is 2.33. The molecule has 2 rings (SSSR count). The van der Waals surface area contributed by atoms with Gasteiger partial charge in [0.15, 0.2) is 11.6 Å². The number of aromatic nitrogens is 3. The van der Waals surface area contributed by atoms with E-state index in [9.17, 15) is 5.11 Å². The molecule has 138 valence electrons. The van der Waals surface area contributed by atoms with Crippen LogP contribution in [0.2, 0.25) is 0 Å². The van der Waals surface area contributed by atoms with Gasteiger partial charge in [0.25, 0.3) is 0 Å². The summed E-state index contributed by atoms with van der Waals surface area (Å²) in [6.07, 6.45) is 8.80. The van der Waals surface area contributed by atoms with E-state index in [0.717, 1.165) is 24.8 Å². The molecule has 2 aromatic heterocycles. The number of ether oxygens (including phenoxy) is 1. The van der Waals surface area contributed by atoms with Gasteiger partial charge in [0.2, 0.25) is 5.95 Å². The summed E-state index contributed by atoms with van der Waals surface area (Å²) in [7, 11) is 0. The van der Waals surface area contributed by atoms with Crippen LogP contribution in [0.15, 0.2) is 30.7 Å². The van der Waals surface area contributed by atoms with Crippen molar-refractivity contribution < 1.29 is 9.84 Å². The summed E-state index contributed by atoms with van der Waals surface area (Å²) < 4.78 is 5.82. The normalized spacial score (nSPS) is 11.4. The third kappa shape index (κ3) is 7.15. The summed E-state index contributed by atoms with van der Waals surface area (Å²) in [5.41, 5.74) is 6.66. The van der Waals surface area contributed by atoms with Crippen molar-refractivity contribution in [2.45, 2.75) is 45.3 Å². The fraction of sp³-hybridized carbons (Fsp3) is 0.471. The lowest BCUT2D eigenvalue weighted by Gasteiger charge is -2.20. The van der Waals surface area contributed by atoms with E-state index in [-0.39, 0.29) is 32.1 Å². The Morgan fingerprint density at radius 2 is 2.16 bits per heavy atom. The minimum Gasteiger partial charge on any atom is -0.483 e. The lowest BCUT2D eigenvalue weighted by atomic mass is 10.1. The summed E-state index contributed by atoms with van der Waals surface area (Å²) in [5.74, 6) is 1.28. The molecule has 0 aliphatic heterocycles. The van der Waals surface area contributed by atoms with Crippen LogP contribution in [0.25, 0.3) is 0 Å². The molecule has 2 heterocycles. The van der Waals surface area contributed by atoms with Crippen LogP contribution >= 0.6 is 13.5 Å². The van der Waals surface area contributed by atoms with Gasteiger partial charge in [-0.05, 0) is 18.9 Å². The van der Waals surface area contributed by atoms with Crippen LogP contribution in [0.4, 0.5) is 11.8 Å². The predicted molar refractivity (Wildman–Crippen MR) is 104 cm³/mol. The Hall–Kier alpha value is -2.06. The number of nitrogen functional groups attached to an aromatic ring is 1. The number of aliphatic hydroxyl groups is 1. The lowest BCUT2D eigenvalue weighted by molar-refractivity contribution is 0.275. The maximum Gasteiger partial charge on any atom is 0.222 e. The van der Waals surface area contributed by atoms with Gasteiger partial charge in [-0.3, -0.25) is 4.98 Å². The highest BCUT2D eigenvalue weighted by Gasteiger charge is 2.14. The van der Waals surface area contributed by atoms with Crippen molar-refractivity contribution in [2.75, 3.05) is 17.7 Å². The van der Waals surface area contributed by atoms with Gasteiger partial charge in [0.1, 0.15) is 6.61 Å². The Morgan fingerprint density at radius 3 is 2.84 bits per heavy atom. The second kappa shape index (κ2) is 11.5. The smallest absolute Gasteiger partial charge is 0.222 e. The molecule has 0 unspecified atom stereocenters. The number of pyridine rings is 1. The summed E-state index contributed by atoms with van der Waals surface area (Å²) in [4.78, 5) is 12.3. The topological polar surface area (TPSA) is 106 Å². The monoisotopic (exact) mass is 365 g/mol. The highest BCUT2D eigenvalue weighted by molar-refractivity contribution is 7.59. The molecule has 7 nitrogen and oxygen atoms in total. The summed E-state index contributed by atoms with van der Waals surface area (Å²) in [5, 5.41) is 12.6. The molecule has 0 fully saturated rings. The molecule has 0 aromatic carbocycles. The first-order chi connectivity index (χ1) is 11.7. The molecule has 0 aliphatic rings. The van der Waals surface area contributed by atoms with Gasteiger partial charge >= 0.3 is 0 Å². The molecule has 8 heteroatoms. The van der Waals surface area contributed by atoms with Gasteiger partial charge in [-0.1, -0.05) is 25.8 Å². The Balaban J connectivity index is 0.00000312. The van der Waals surface area contributed by atoms with Gasteiger partial charge in [0, 0.05) is 30.6 Å². The predicted octanol–water partition coefficient (Wildman–Crippen LogP) is 2.50. The average Bonchev–Trinajstić information content (AvgIpc) is 2.60. The van der Waals surface area contributed by atoms with E-state index in [0.29, 0.717) is 24.6 Å². The van der Waals surface area contributed by atoms with Crippen molar-refractivity contribution in [3.05, 3.63) is 36.3 Å². The number of rotatable bonds is 10. The van der Waals surface area contributed by atoms with E-state index in [1.165, 1.54) is 0 Å². The molecule has 0 saturated heterocycles. The summed E-state index contributed by atoms with van der Waals surface area (Å²) in [6.45, 7) is 2.63. The standard InChI is InChI=1S/C17H25N5O2.H2S/c1-2-3-6-14(7-9-23)21-16-15(11-20-17(18)22-16)24-12-13-5-4-8-19-10-13;/h4-5,8,10-11,14,23H,2-3,6-7,9,12H2,1H3,(H3,18,20,21,22);1H2/t14-;/m0./s1. The van der Waals surface area contributed by atoms with E-state index in [2.05, 4.69) is 27.2 Å². The van der Waals surface area contributed by atoms with Crippen LogP contribution in [0.5, 0.6) is 5.75 Å². The largest absolute Gasteiger partial charge is 0.483 e. The van der Waals surface area contributed by atoms with Crippen LogP contribution in [0, 0.1) is 0 Å². The molecule has 4 N–H and O–H groups in total. The minimum absolute atomic E-state index is 0. The Kier molecular flexibility index (Phi) is 9.64. The molecular formula is C17H27N5O2S. The van der Waals surface area contributed by atoms with E-state index < -0.39 is 0 Å². The second-order valence-electron chi connectivity index (χ2n) is 5.59. The number of hydrogen-bond donors (Lipinski definition) is 3. The second-order valence-corrected chi connectivity index (χ2v) is 5.59. The minimum atomic E-state index is 0. The molecular weight excluding hydrogens is 338 g/mol. The summed E-state index contributed by atoms with van der Waals surface area (Å²) >= 11 is 0. The highest BCUT2D eigenvalue weighted by atomic mass is 32.1.